The van der Waals surface area contributed by atoms with Gasteiger partial charge in [0.25, 0.3) is 0 Å². The molecule has 2 N–H and O–H groups in total. The van der Waals surface area contributed by atoms with E-state index in [2.05, 4.69) is 29.7 Å². The molecule has 1 heterocycles. The Morgan fingerprint density at radius 1 is 1.14 bits per heavy atom. The molecule has 2 aromatic rings. The van der Waals surface area contributed by atoms with Gasteiger partial charge >= 0.3 is 0 Å². The smallest absolute Gasteiger partial charge is 0.231 e. The largest absolute Gasteiger partial charge is 0.454 e. The van der Waals surface area contributed by atoms with Crippen molar-refractivity contribution in [2.45, 2.75) is 13.5 Å². The summed E-state index contributed by atoms with van der Waals surface area (Å²) >= 11 is 5.31. The molecule has 0 fully saturated rings. The Morgan fingerprint density at radius 3 is 2.81 bits per heavy atom. The number of nitrogens with one attached hydrogen (secondary N) is 2. The van der Waals surface area contributed by atoms with E-state index in [1.54, 1.807) is 0 Å². The zero-order valence-corrected chi connectivity index (χ0v) is 12.5. The number of rotatable bonds is 3. The molecule has 1 aliphatic heterocycles. The van der Waals surface area contributed by atoms with Crippen LogP contribution in [-0.4, -0.2) is 11.9 Å². The maximum atomic E-state index is 5.34. The van der Waals surface area contributed by atoms with Gasteiger partial charge in [0.2, 0.25) is 6.79 Å². The van der Waals surface area contributed by atoms with E-state index in [0.29, 0.717) is 11.7 Å². The van der Waals surface area contributed by atoms with Crippen LogP contribution in [0.4, 0.5) is 5.69 Å². The summed E-state index contributed by atoms with van der Waals surface area (Å²) in [5.41, 5.74) is 3.35. The van der Waals surface area contributed by atoms with E-state index in [0.717, 1.165) is 17.2 Å². The first-order valence-electron chi connectivity index (χ1n) is 6.71. The average Bonchev–Trinajstić information content (AvgIpc) is 2.94. The lowest BCUT2D eigenvalue weighted by molar-refractivity contribution is 0.174. The van der Waals surface area contributed by atoms with Gasteiger partial charge in [-0.15, -0.1) is 0 Å². The van der Waals surface area contributed by atoms with Crippen molar-refractivity contribution in [1.29, 1.82) is 0 Å². The van der Waals surface area contributed by atoms with Gasteiger partial charge in [0, 0.05) is 18.3 Å². The summed E-state index contributed by atoms with van der Waals surface area (Å²) in [6.45, 7) is 3.06. The van der Waals surface area contributed by atoms with Gasteiger partial charge in [0.15, 0.2) is 16.6 Å². The molecule has 0 spiro atoms. The van der Waals surface area contributed by atoms with E-state index < -0.39 is 0 Å². The van der Waals surface area contributed by atoms with Crippen LogP contribution in [-0.2, 0) is 6.54 Å². The van der Waals surface area contributed by atoms with Crippen molar-refractivity contribution < 1.29 is 9.47 Å². The van der Waals surface area contributed by atoms with Crippen LogP contribution in [0.2, 0.25) is 0 Å². The third-order valence-electron chi connectivity index (χ3n) is 3.33. The number of aryl methyl sites for hydroxylation is 1. The number of thiocarbonyl (C=S) groups is 1. The number of fused-ring (bicyclic) bond motifs is 1. The molecule has 0 aliphatic carbocycles. The number of benzene rings is 2. The van der Waals surface area contributed by atoms with Crippen molar-refractivity contribution in [2.75, 3.05) is 12.1 Å². The van der Waals surface area contributed by atoms with Gasteiger partial charge < -0.3 is 20.1 Å². The van der Waals surface area contributed by atoms with E-state index in [1.165, 1.54) is 11.1 Å². The molecule has 3 rings (SSSR count). The molecule has 5 heteroatoms. The van der Waals surface area contributed by atoms with Gasteiger partial charge in [-0.05, 0) is 42.4 Å². The Labute approximate surface area is 129 Å². The molecule has 0 saturated carbocycles. The topological polar surface area (TPSA) is 42.5 Å². The van der Waals surface area contributed by atoms with Crippen LogP contribution in [0.25, 0.3) is 0 Å². The highest BCUT2D eigenvalue weighted by Crippen LogP contribution is 2.34. The monoisotopic (exact) mass is 300 g/mol. The van der Waals surface area contributed by atoms with Crippen LogP contribution in [0, 0.1) is 6.92 Å². The van der Waals surface area contributed by atoms with Crippen molar-refractivity contribution >= 4 is 23.0 Å². The predicted octanol–water partition coefficient (Wildman–Crippen LogP) is 3.21. The average molecular weight is 300 g/mol. The van der Waals surface area contributed by atoms with E-state index in [9.17, 15) is 0 Å². The first-order valence-corrected chi connectivity index (χ1v) is 7.12. The maximum Gasteiger partial charge on any atom is 0.231 e. The highest BCUT2D eigenvalue weighted by Gasteiger charge is 2.13. The van der Waals surface area contributed by atoms with Gasteiger partial charge in [0.05, 0.1) is 0 Å². The molecule has 21 heavy (non-hydrogen) atoms. The molecule has 0 saturated heterocycles. The summed E-state index contributed by atoms with van der Waals surface area (Å²) in [5.74, 6) is 1.50. The van der Waals surface area contributed by atoms with Crippen molar-refractivity contribution in [2.24, 2.45) is 0 Å². The quantitative estimate of drug-likeness (QED) is 0.852. The lowest BCUT2D eigenvalue weighted by atomic mass is 10.1. The van der Waals surface area contributed by atoms with Gasteiger partial charge in [-0.2, -0.15) is 0 Å². The van der Waals surface area contributed by atoms with Crippen LogP contribution < -0.4 is 20.1 Å². The third kappa shape index (κ3) is 3.25. The van der Waals surface area contributed by atoms with Crippen LogP contribution >= 0.6 is 12.2 Å². The molecule has 0 radical (unpaired) electrons. The molecular weight excluding hydrogens is 284 g/mol. The zero-order chi connectivity index (χ0) is 14.7. The molecule has 1 aliphatic rings. The molecular formula is C16H16N2O2S. The van der Waals surface area contributed by atoms with Gasteiger partial charge in [0.1, 0.15) is 0 Å². The Kier molecular flexibility index (Phi) is 3.92. The first kappa shape index (κ1) is 13.7. The predicted molar refractivity (Wildman–Crippen MR) is 86.8 cm³/mol. The Hall–Kier alpha value is -2.27. The SMILES string of the molecule is Cc1ccccc1CNC(=S)Nc1ccc2c(c1)OCO2. The summed E-state index contributed by atoms with van der Waals surface area (Å²) in [7, 11) is 0. The third-order valence-corrected chi connectivity index (χ3v) is 3.58. The fourth-order valence-electron chi connectivity index (χ4n) is 2.13. The molecule has 4 nitrogen and oxygen atoms in total. The number of hydrogen-bond acceptors (Lipinski definition) is 3. The van der Waals surface area contributed by atoms with Crippen LogP contribution in [0.1, 0.15) is 11.1 Å². The van der Waals surface area contributed by atoms with E-state index in [-0.39, 0.29) is 6.79 Å². The standard InChI is InChI=1S/C16H16N2O2S/c1-11-4-2-3-5-12(11)9-17-16(21)18-13-6-7-14-15(8-13)20-10-19-14/h2-8H,9-10H2,1H3,(H2,17,18,21). The lowest BCUT2D eigenvalue weighted by Gasteiger charge is -2.12. The second-order valence-electron chi connectivity index (χ2n) is 4.80. The van der Waals surface area contributed by atoms with Crippen LogP contribution in [0.5, 0.6) is 11.5 Å². The highest BCUT2D eigenvalue weighted by molar-refractivity contribution is 7.80. The molecule has 108 valence electrons. The summed E-state index contributed by atoms with van der Waals surface area (Å²) in [6, 6.07) is 13.9. The Bertz CT molecular complexity index is 673. The van der Waals surface area contributed by atoms with Crippen molar-refractivity contribution in [3.05, 3.63) is 53.6 Å². The fraction of sp³-hybridized carbons (Fsp3) is 0.188. The fourth-order valence-corrected chi connectivity index (χ4v) is 2.32. The molecule has 2 aromatic carbocycles. The van der Waals surface area contributed by atoms with Crippen LogP contribution in [0.3, 0.4) is 0 Å². The Morgan fingerprint density at radius 2 is 1.95 bits per heavy atom. The number of anilines is 1. The summed E-state index contributed by atoms with van der Waals surface area (Å²) in [6.07, 6.45) is 0. The van der Waals surface area contributed by atoms with Crippen molar-refractivity contribution in [3.8, 4) is 11.5 Å². The Balaban J connectivity index is 1.58. The first-order chi connectivity index (χ1) is 10.2. The maximum absolute atomic E-state index is 5.34. The molecule has 0 atom stereocenters. The summed E-state index contributed by atoms with van der Waals surface area (Å²) < 4.78 is 10.6. The van der Waals surface area contributed by atoms with E-state index in [4.69, 9.17) is 21.7 Å². The van der Waals surface area contributed by atoms with Crippen molar-refractivity contribution in [3.63, 3.8) is 0 Å². The summed E-state index contributed by atoms with van der Waals surface area (Å²) in [4.78, 5) is 0. The van der Waals surface area contributed by atoms with Crippen molar-refractivity contribution in [1.82, 2.24) is 5.32 Å². The molecule has 0 aromatic heterocycles. The van der Waals surface area contributed by atoms with Gasteiger partial charge in [-0.1, -0.05) is 24.3 Å². The minimum absolute atomic E-state index is 0.273. The van der Waals surface area contributed by atoms with E-state index >= 15 is 0 Å². The molecule has 0 unspecified atom stereocenters. The summed E-state index contributed by atoms with van der Waals surface area (Å²) in [5, 5.41) is 6.93. The molecule has 0 amide bonds. The number of ether oxygens (including phenoxy) is 2. The zero-order valence-electron chi connectivity index (χ0n) is 11.7. The number of hydrogen-bond donors (Lipinski definition) is 2. The minimum atomic E-state index is 0.273. The van der Waals surface area contributed by atoms with Gasteiger partial charge in [-0.25, -0.2) is 0 Å². The van der Waals surface area contributed by atoms with Gasteiger partial charge in [-0.3, -0.25) is 0 Å². The second kappa shape index (κ2) is 6.01. The lowest BCUT2D eigenvalue weighted by Crippen LogP contribution is -2.28. The minimum Gasteiger partial charge on any atom is -0.454 e. The molecule has 0 bridgehead atoms. The van der Waals surface area contributed by atoms with Crippen LogP contribution in [0.15, 0.2) is 42.5 Å². The highest BCUT2D eigenvalue weighted by atomic mass is 32.1. The normalized spacial score (nSPS) is 12.0. The van der Waals surface area contributed by atoms with E-state index in [1.807, 2.05) is 30.3 Å². The second-order valence-corrected chi connectivity index (χ2v) is 5.21.